The molecule has 0 aliphatic rings. The Hall–Kier alpha value is -3.76. The predicted molar refractivity (Wildman–Crippen MR) is 75.2 cm³/mol. The molecule has 0 saturated heterocycles. The first kappa shape index (κ1) is 15.6. The van der Waals surface area contributed by atoms with Gasteiger partial charge in [-0.15, -0.1) is 0 Å². The van der Waals surface area contributed by atoms with Gasteiger partial charge < -0.3 is 9.52 Å². The molecule has 1 aromatic carbocycles. The third-order valence-electron chi connectivity index (χ3n) is 2.59. The van der Waals surface area contributed by atoms with E-state index < -0.39 is 27.4 Å². The monoisotopic (exact) mass is 320 g/mol. The van der Waals surface area contributed by atoms with Crippen LogP contribution in [0.3, 0.4) is 0 Å². The number of carbonyl (C=O) groups excluding carboxylic acids is 1. The van der Waals surface area contributed by atoms with E-state index >= 15 is 0 Å². The van der Waals surface area contributed by atoms with Crippen LogP contribution in [0, 0.1) is 20.2 Å². The number of nitro benzene ring substituents is 1. The van der Waals surface area contributed by atoms with Crippen molar-refractivity contribution in [3.8, 4) is 5.75 Å². The second kappa shape index (κ2) is 6.34. The molecule has 1 amide bonds. The zero-order valence-corrected chi connectivity index (χ0v) is 11.2. The molecule has 0 fully saturated rings. The van der Waals surface area contributed by atoms with Gasteiger partial charge in [-0.3, -0.25) is 25.0 Å². The van der Waals surface area contributed by atoms with Crippen molar-refractivity contribution >= 4 is 23.7 Å². The van der Waals surface area contributed by atoms with Crippen molar-refractivity contribution in [2.75, 3.05) is 0 Å². The standard InChI is InChI=1S/C12H8N4O7/c17-10-3-1-7(15(19)20)5-9(10)12(18)14-13-6-8-2-4-11(23-8)16(21)22/h1-6,17H,(H,14,18)/b13-6+. The minimum absolute atomic E-state index is 0.0141. The number of rotatable bonds is 5. The van der Waals surface area contributed by atoms with E-state index in [0.717, 1.165) is 30.5 Å². The third-order valence-corrected chi connectivity index (χ3v) is 2.59. The number of nitrogens with zero attached hydrogens (tertiary/aromatic N) is 3. The van der Waals surface area contributed by atoms with Gasteiger partial charge in [0.05, 0.1) is 22.8 Å². The number of non-ortho nitro benzene ring substituents is 1. The molecule has 0 spiro atoms. The second-order valence-corrected chi connectivity index (χ2v) is 4.09. The van der Waals surface area contributed by atoms with Crippen LogP contribution in [0.5, 0.6) is 5.75 Å². The molecular weight excluding hydrogens is 312 g/mol. The summed E-state index contributed by atoms with van der Waals surface area (Å²) < 4.78 is 4.77. The summed E-state index contributed by atoms with van der Waals surface area (Å²) in [6.45, 7) is 0. The highest BCUT2D eigenvalue weighted by Gasteiger charge is 2.16. The number of furan rings is 1. The summed E-state index contributed by atoms with van der Waals surface area (Å²) in [5.41, 5.74) is 1.29. The number of hydrogen-bond acceptors (Lipinski definition) is 8. The summed E-state index contributed by atoms with van der Waals surface area (Å²) in [7, 11) is 0. The molecule has 1 aromatic heterocycles. The molecule has 0 atom stereocenters. The van der Waals surface area contributed by atoms with Gasteiger partial charge in [-0.1, -0.05) is 0 Å². The Morgan fingerprint density at radius 1 is 1.22 bits per heavy atom. The fourth-order valence-corrected chi connectivity index (χ4v) is 1.54. The Labute approximate surface area is 127 Å². The summed E-state index contributed by atoms with van der Waals surface area (Å²) >= 11 is 0. The highest BCUT2D eigenvalue weighted by Crippen LogP contribution is 2.22. The number of nitrogens with one attached hydrogen (secondary N) is 1. The van der Waals surface area contributed by atoms with E-state index in [4.69, 9.17) is 4.42 Å². The molecule has 11 nitrogen and oxygen atoms in total. The maximum absolute atomic E-state index is 11.8. The second-order valence-electron chi connectivity index (χ2n) is 4.09. The first-order valence-electron chi connectivity index (χ1n) is 5.93. The number of phenolic OH excluding ortho intramolecular Hbond substituents is 1. The fourth-order valence-electron chi connectivity index (χ4n) is 1.54. The van der Waals surface area contributed by atoms with Crippen molar-refractivity contribution in [1.82, 2.24) is 5.43 Å². The Morgan fingerprint density at radius 2 is 1.96 bits per heavy atom. The van der Waals surface area contributed by atoms with Gasteiger partial charge in [0.1, 0.15) is 10.7 Å². The van der Waals surface area contributed by atoms with Gasteiger partial charge in [-0.2, -0.15) is 5.10 Å². The van der Waals surface area contributed by atoms with Crippen LogP contribution in [-0.4, -0.2) is 27.1 Å². The van der Waals surface area contributed by atoms with E-state index in [0.29, 0.717) is 0 Å². The van der Waals surface area contributed by atoms with Gasteiger partial charge >= 0.3 is 5.88 Å². The van der Waals surface area contributed by atoms with Gasteiger partial charge in [-0.25, -0.2) is 5.43 Å². The van der Waals surface area contributed by atoms with Crippen molar-refractivity contribution in [1.29, 1.82) is 0 Å². The number of carbonyl (C=O) groups is 1. The van der Waals surface area contributed by atoms with Crippen molar-refractivity contribution < 1.29 is 24.2 Å². The van der Waals surface area contributed by atoms with Crippen molar-refractivity contribution in [2.45, 2.75) is 0 Å². The van der Waals surface area contributed by atoms with Crippen LogP contribution in [-0.2, 0) is 0 Å². The Balaban J connectivity index is 2.09. The maximum Gasteiger partial charge on any atom is 0.433 e. The van der Waals surface area contributed by atoms with Gasteiger partial charge in [0.2, 0.25) is 0 Å². The van der Waals surface area contributed by atoms with Crippen LogP contribution in [0.1, 0.15) is 16.1 Å². The molecule has 0 aliphatic heterocycles. The van der Waals surface area contributed by atoms with E-state index in [2.05, 4.69) is 5.10 Å². The molecule has 0 bridgehead atoms. The van der Waals surface area contributed by atoms with Crippen LogP contribution in [0.15, 0.2) is 39.9 Å². The molecule has 2 aromatic rings. The summed E-state index contributed by atoms with van der Waals surface area (Å²) in [6, 6.07) is 5.30. The predicted octanol–water partition coefficient (Wildman–Crippen LogP) is 1.57. The smallest absolute Gasteiger partial charge is 0.433 e. The number of amides is 1. The highest BCUT2D eigenvalue weighted by atomic mass is 16.6. The molecule has 0 aliphatic carbocycles. The molecule has 1 heterocycles. The van der Waals surface area contributed by atoms with Gasteiger partial charge in [0.25, 0.3) is 11.6 Å². The highest BCUT2D eigenvalue weighted by molar-refractivity contribution is 5.97. The molecular formula is C12H8N4O7. The van der Waals surface area contributed by atoms with Crippen molar-refractivity contribution in [3.05, 3.63) is 61.9 Å². The van der Waals surface area contributed by atoms with E-state index in [-0.39, 0.29) is 17.0 Å². The van der Waals surface area contributed by atoms with Crippen molar-refractivity contribution in [3.63, 3.8) is 0 Å². The Bertz CT molecular complexity index is 811. The molecule has 0 radical (unpaired) electrons. The zero-order chi connectivity index (χ0) is 17.0. The summed E-state index contributed by atoms with van der Waals surface area (Å²) in [4.78, 5) is 31.4. The normalized spacial score (nSPS) is 10.6. The first-order valence-corrected chi connectivity index (χ1v) is 5.93. The average molecular weight is 320 g/mol. The van der Waals surface area contributed by atoms with Crippen LogP contribution in [0.4, 0.5) is 11.6 Å². The summed E-state index contributed by atoms with van der Waals surface area (Å²) in [5.74, 6) is -1.84. The molecule has 2 rings (SSSR count). The van der Waals surface area contributed by atoms with E-state index in [9.17, 15) is 30.1 Å². The minimum atomic E-state index is -0.900. The topological polar surface area (TPSA) is 161 Å². The largest absolute Gasteiger partial charge is 0.507 e. The minimum Gasteiger partial charge on any atom is -0.507 e. The molecule has 23 heavy (non-hydrogen) atoms. The van der Waals surface area contributed by atoms with Gasteiger partial charge in [-0.05, 0) is 12.1 Å². The molecule has 2 N–H and O–H groups in total. The van der Waals surface area contributed by atoms with E-state index in [1.54, 1.807) is 0 Å². The SMILES string of the molecule is O=C(N/N=C/c1ccc([N+](=O)[O-])o1)c1cc([N+](=O)[O-])ccc1O. The summed E-state index contributed by atoms with van der Waals surface area (Å²) in [6.07, 6.45) is 0.999. The molecule has 11 heteroatoms. The van der Waals surface area contributed by atoms with Crippen LogP contribution in [0.2, 0.25) is 0 Å². The summed E-state index contributed by atoms with van der Waals surface area (Å²) in [5, 5.41) is 34.1. The Morgan fingerprint density at radius 3 is 2.57 bits per heavy atom. The molecule has 0 saturated carbocycles. The fraction of sp³-hybridized carbons (Fsp3) is 0. The zero-order valence-electron chi connectivity index (χ0n) is 11.2. The Kier molecular flexibility index (Phi) is 4.31. The van der Waals surface area contributed by atoms with Gasteiger partial charge in [0, 0.05) is 12.1 Å². The quantitative estimate of drug-likeness (QED) is 0.480. The third kappa shape index (κ3) is 3.66. The first-order chi connectivity index (χ1) is 10.9. The number of benzene rings is 1. The number of hydrogen-bond donors (Lipinski definition) is 2. The average Bonchev–Trinajstić information content (AvgIpc) is 2.96. The van der Waals surface area contributed by atoms with Crippen LogP contribution in [0.25, 0.3) is 0 Å². The lowest BCUT2D eigenvalue weighted by molar-refractivity contribution is -0.402. The van der Waals surface area contributed by atoms with Gasteiger partial charge in [0.15, 0.2) is 5.76 Å². The molecule has 118 valence electrons. The van der Waals surface area contributed by atoms with E-state index in [1.807, 2.05) is 5.43 Å². The maximum atomic E-state index is 11.8. The number of phenols is 1. The molecule has 0 unspecified atom stereocenters. The van der Waals surface area contributed by atoms with Crippen LogP contribution < -0.4 is 5.43 Å². The van der Waals surface area contributed by atoms with Crippen molar-refractivity contribution in [2.24, 2.45) is 5.10 Å². The number of hydrazone groups is 1. The number of nitro groups is 2. The number of aromatic hydroxyl groups is 1. The lowest BCUT2D eigenvalue weighted by Crippen LogP contribution is -2.17. The van der Waals surface area contributed by atoms with E-state index in [1.165, 1.54) is 6.07 Å². The lowest BCUT2D eigenvalue weighted by Gasteiger charge is -2.02. The lowest BCUT2D eigenvalue weighted by atomic mass is 10.1. The van der Waals surface area contributed by atoms with Crippen LogP contribution >= 0.6 is 0 Å².